The Balaban J connectivity index is 1.22. The van der Waals surface area contributed by atoms with Gasteiger partial charge in [0.25, 0.3) is 5.69 Å². The fourth-order valence-electron chi connectivity index (χ4n) is 8.33. The van der Waals surface area contributed by atoms with Crippen molar-refractivity contribution in [2.75, 3.05) is 32.8 Å². The zero-order chi connectivity index (χ0) is 40.6. The van der Waals surface area contributed by atoms with E-state index in [1.807, 2.05) is 13.0 Å². The van der Waals surface area contributed by atoms with Crippen molar-refractivity contribution in [3.8, 4) is 0 Å². The van der Waals surface area contributed by atoms with Crippen molar-refractivity contribution >= 4 is 23.3 Å². The van der Waals surface area contributed by atoms with Gasteiger partial charge in [0.1, 0.15) is 6.04 Å². The Labute approximate surface area is 337 Å². The van der Waals surface area contributed by atoms with Crippen molar-refractivity contribution in [3.05, 3.63) is 141 Å². The number of ether oxygens (including phenoxy) is 2. The second-order valence-corrected chi connectivity index (χ2v) is 15.3. The van der Waals surface area contributed by atoms with E-state index < -0.39 is 12.0 Å². The first-order chi connectivity index (χ1) is 27.6. The van der Waals surface area contributed by atoms with Gasteiger partial charge in [-0.1, -0.05) is 99.0 Å². The van der Waals surface area contributed by atoms with Crippen LogP contribution in [0.5, 0.6) is 0 Å². The van der Waals surface area contributed by atoms with Crippen LogP contribution in [-0.2, 0) is 14.9 Å². The highest BCUT2D eigenvalue weighted by atomic mass is 16.6. The number of nitro groups is 1. The van der Waals surface area contributed by atoms with Gasteiger partial charge in [0.2, 0.25) is 0 Å². The molecule has 3 unspecified atom stereocenters. The van der Waals surface area contributed by atoms with E-state index in [0.29, 0.717) is 24.8 Å². The summed E-state index contributed by atoms with van der Waals surface area (Å²) in [5.41, 5.74) is 4.08. The van der Waals surface area contributed by atoms with Crippen LogP contribution in [0.1, 0.15) is 122 Å². The van der Waals surface area contributed by atoms with Crippen LogP contribution in [0, 0.1) is 16.0 Å². The molecule has 1 aliphatic heterocycles. The van der Waals surface area contributed by atoms with Crippen molar-refractivity contribution in [2.45, 2.75) is 96.4 Å². The van der Waals surface area contributed by atoms with Crippen LogP contribution in [0.2, 0.25) is 0 Å². The van der Waals surface area contributed by atoms with E-state index >= 15 is 0 Å². The Morgan fingerprint density at radius 1 is 0.842 bits per heavy atom. The summed E-state index contributed by atoms with van der Waals surface area (Å²) in [4.78, 5) is 49.5. The highest BCUT2D eigenvalue weighted by molar-refractivity contribution is 6.02. The number of rotatable bonds is 20. The molecular weight excluding hydrogens is 717 g/mol. The van der Waals surface area contributed by atoms with Crippen LogP contribution in [0.25, 0.3) is 0 Å². The van der Waals surface area contributed by atoms with Crippen molar-refractivity contribution < 1.29 is 24.0 Å². The third-order valence-corrected chi connectivity index (χ3v) is 11.3. The molecule has 1 aliphatic rings. The largest absolute Gasteiger partial charge is 0.481 e. The predicted molar refractivity (Wildman–Crippen MR) is 225 cm³/mol. The summed E-state index contributed by atoms with van der Waals surface area (Å²) in [6.07, 6.45) is 10.4. The van der Waals surface area contributed by atoms with Gasteiger partial charge >= 0.3 is 5.97 Å². The molecule has 1 fully saturated rings. The number of esters is 1. The Hall–Kier alpha value is -5.22. The summed E-state index contributed by atoms with van der Waals surface area (Å²) < 4.78 is 10.8. The van der Waals surface area contributed by atoms with Crippen LogP contribution in [0.15, 0.2) is 108 Å². The molecule has 4 aromatic rings. The number of unbranched alkanes of at least 4 members (excludes halogenated alkanes) is 2. The number of nitro benzene ring substituents is 1. The lowest BCUT2D eigenvalue weighted by Gasteiger charge is -2.43. The van der Waals surface area contributed by atoms with Crippen molar-refractivity contribution in [2.24, 2.45) is 10.9 Å². The molecule has 0 radical (unpaired) electrons. The predicted octanol–water partition coefficient (Wildman–Crippen LogP) is 10.0. The zero-order valence-corrected chi connectivity index (χ0v) is 34.0. The number of benzene rings is 3. The molecule has 5 rings (SSSR count). The number of non-ortho nitro benzene ring substituents is 1. The lowest BCUT2D eigenvalue weighted by Crippen LogP contribution is -2.43. The Morgan fingerprint density at radius 3 is 2.12 bits per heavy atom. The number of ketones is 1. The van der Waals surface area contributed by atoms with Gasteiger partial charge in [-0.15, -0.1) is 0 Å². The Bertz CT molecular complexity index is 1890. The van der Waals surface area contributed by atoms with E-state index in [-0.39, 0.29) is 45.5 Å². The van der Waals surface area contributed by atoms with Gasteiger partial charge in [-0.05, 0) is 100 Å². The molecule has 10 heteroatoms. The molecule has 0 aliphatic carbocycles. The summed E-state index contributed by atoms with van der Waals surface area (Å²) in [5, 5.41) is 11.8. The summed E-state index contributed by atoms with van der Waals surface area (Å²) >= 11 is 0. The minimum atomic E-state index is -0.862. The molecule has 302 valence electrons. The SMILES string of the molecule is CCOC(=O)c1cncc(C(=O)C(CC(CC(C)CCCCCN2CCC(c3ccccc3)(c3ccccc3)CC2)c2cccc([N+](=O)[O-])c2)N=C(C)OCC)c1. The molecule has 57 heavy (non-hydrogen) atoms. The monoisotopic (exact) mass is 774 g/mol. The normalized spacial score (nSPS) is 16.0. The standard InChI is InChI=1S/C47H58N4O6/c1-5-56-36(4)49-44(45(52)39-30-40(34-48-33-39)46(53)57-6-2)32-38(37-18-16-23-43(31-37)51(54)55)29-35(3)17-10-9-15-26-50-27-24-47(25-28-50,41-19-11-7-12-20-41)42-21-13-8-14-22-42/h7-8,11-14,16,18-23,30-31,33-35,38,44H,5-6,9-10,15,17,24-29,32H2,1-4H3. The van der Waals surface area contributed by atoms with E-state index in [0.717, 1.165) is 70.1 Å². The van der Waals surface area contributed by atoms with E-state index in [9.17, 15) is 19.7 Å². The summed E-state index contributed by atoms with van der Waals surface area (Å²) in [7, 11) is 0. The molecule has 3 atom stereocenters. The van der Waals surface area contributed by atoms with Crippen LogP contribution in [-0.4, -0.2) is 71.3 Å². The van der Waals surface area contributed by atoms with E-state index in [1.54, 1.807) is 26.0 Å². The lowest BCUT2D eigenvalue weighted by atomic mass is 9.68. The molecule has 0 amide bonds. The van der Waals surface area contributed by atoms with Gasteiger partial charge in [-0.3, -0.25) is 19.9 Å². The Morgan fingerprint density at radius 2 is 1.49 bits per heavy atom. The van der Waals surface area contributed by atoms with Crippen LogP contribution in [0.3, 0.4) is 0 Å². The van der Waals surface area contributed by atoms with Crippen molar-refractivity contribution in [1.29, 1.82) is 0 Å². The molecule has 0 N–H and O–H groups in total. The first-order valence-electron chi connectivity index (χ1n) is 20.5. The third-order valence-electron chi connectivity index (χ3n) is 11.3. The highest BCUT2D eigenvalue weighted by Gasteiger charge is 2.37. The van der Waals surface area contributed by atoms with Gasteiger partial charge in [0.15, 0.2) is 11.7 Å². The molecule has 10 nitrogen and oxygen atoms in total. The molecule has 0 spiro atoms. The maximum Gasteiger partial charge on any atom is 0.339 e. The van der Waals surface area contributed by atoms with Gasteiger partial charge in [-0.25, -0.2) is 9.79 Å². The summed E-state index contributed by atoms with van der Waals surface area (Å²) in [5.74, 6) is -0.397. The molecule has 1 aromatic heterocycles. The second-order valence-electron chi connectivity index (χ2n) is 15.3. The molecule has 3 aromatic carbocycles. The van der Waals surface area contributed by atoms with E-state index in [1.165, 1.54) is 35.7 Å². The molecule has 0 saturated carbocycles. The van der Waals surface area contributed by atoms with E-state index in [2.05, 4.69) is 77.5 Å². The molecular formula is C47H58N4O6. The fourth-order valence-corrected chi connectivity index (χ4v) is 8.33. The van der Waals surface area contributed by atoms with Gasteiger partial charge in [-0.2, -0.15) is 0 Å². The average molecular weight is 775 g/mol. The second kappa shape index (κ2) is 21.3. The number of nitrogens with zero attached hydrogens (tertiary/aromatic N) is 4. The lowest BCUT2D eigenvalue weighted by molar-refractivity contribution is -0.384. The number of hydrogen-bond donors (Lipinski definition) is 0. The smallest absolute Gasteiger partial charge is 0.339 e. The topological polar surface area (TPSA) is 124 Å². The van der Waals surface area contributed by atoms with Crippen LogP contribution in [0.4, 0.5) is 5.69 Å². The number of Topliss-reactive ketones (excluding diaryl/α,β-unsaturated/α-hetero) is 1. The number of piperidine rings is 1. The van der Waals surface area contributed by atoms with Crippen molar-refractivity contribution in [1.82, 2.24) is 9.88 Å². The zero-order valence-electron chi connectivity index (χ0n) is 34.0. The maximum atomic E-state index is 14.1. The Kier molecular flexibility index (Phi) is 16.1. The first kappa shape index (κ1) is 42.9. The first-order valence-corrected chi connectivity index (χ1v) is 20.5. The molecule has 2 heterocycles. The minimum Gasteiger partial charge on any atom is -0.481 e. The number of likely N-dealkylation sites (tertiary alicyclic amines) is 1. The highest BCUT2D eigenvalue weighted by Crippen LogP contribution is 2.42. The summed E-state index contributed by atoms with van der Waals surface area (Å²) in [6.45, 7) is 11.3. The number of carbonyl (C=O) groups excluding carboxylic acids is 2. The van der Waals surface area contributed by atoms with E-state index in [4.69, 9.17) is 14.5 Å². The third kappa shape index (κ3) is 11.9. The van der Waals surface area contributed by atoms with Gasteiger partial charge in [0, 0.05) is 42.4 Å². The molecule has 0 bridgehead atoms. The number of carbonyl (C=O) groups is 2. The quantitative estimate of drug-likeness (QED) is 0.0165. The number of aromatic nitrogens is 1. The van der Waals surface area contributed by atoms with Crippen LogP contribution >= 0.6 is 0 Å². The minimum absolute atomic E-state index is 0.0101. The number of hydrogen-bond acceptors (Lipinski definition) is 9. The fraction of sp³-hybridized carbons (Fsp3) is 0.447. The molecule has 1 saturated heterocycles. The van der Waals surface area contributed by atoms with Gasteiger partial charge in [0.05, 0.1) is 23.7 Å². The maximum absolute atomic E-state index is 14.1. The van der Waals surface area contributed by atoms with Gasteiger partial charge < -0.3 is 14.4 Å². The average Bonchev–Trinajstić information content (AvgIpc) is 3.24. The number of pyridine rings is 1. The van der Waals surface area contributed by atoms with Crippen molar-refractivity contribution in [3.63, 3.8) is 0 Å². The van der Waals surface area contributed by atoms with Crippen LogP contribution < -0.4 is 0 Å². The summed E-state index contributed by atoms with van der Waals surface area (Å²) in [6, 6.07) is 29.3. The number of aliphatic imine (C=N–C) groups is 1.